The number of thiocarbonyl (C=S) groups is 1. The number of carbonyl (C=O) groups is 1. The molecule has 5 nitrogen and oxygen atoms in total. The van der Waals surface area contributed by atoms with Gasteiger partial charge in [-0.15, -0.1) is 0 Å². The number of amides is 1. The molecule has 0 bridgehead atoms. The summed E-state index contributed by atoms with van der Waals surface area (Å²) in [6, 6.07) is 13.3. The van der Waals surface area contributed by atoms with Crippen molar-refractivity contribution < 1.29 is 9.53 Å². The zero-order valence-corrected chi connectivity index (χ0v) is 19.5. The number of halogens is 1. The van der Waals surface area contributed by atoms with Crippen LogP contribution in [0.5, 0.6) is 5.75 Å². The molecule has 0 fully saturated rings. The number of carbonyl (C=O) groups excluding carboxylic acids is 1. The van der Waals surface area contributed by atoms with E-state index in [1.165, 1.54) is 0 Å². The Labute approximate surface area is 186 Å². The largest absolute Gasteiger partial charge is 0.493 e. The highest BCUT2D eigenvalue weighted by Crippen LogP contribution is 2.24. The molecule has 0 unspecified atom stereocenters. The highest BCUT2D eigenvalue weighted by Gasteiger charge is 2.15. The van der Waals surface area contributed by atoms with Crippen molar-refractivity contribution in [2.75, 3.05) is 29.9 Å². The Morgan fingerprint density at radius 3 is 2.41 bits per heavy atom. The predicted octanol–water partition coefficient (Wildman–Crippen LogP) is 5.60. The van der Waals surface area contributed by atoms with Crippen molar-refractivity contribution in [1.29, 1.82) is 0 Å². The van der Waals surface area contributed by atoms with E-state index in [4.69, 9.17) is 17.0 Å². The van der Waals surface area contributed by atoms with Gasteiger partial charge in [-0.3, -0.25) is 10.1 Å². The molecule has 2 N–H and O–H groups in total. The number of nitrogens with one attached hydrogen (secondary N) is 2. The Morgan fingerprint density at radius 1 is 1.10 bits per heavy atom. The first kappa shape index (κ1) is 23.2. The van der Waals surface area contributed by atoms with Gasteiger partial charge in [-0.05, 0) is 75.0 Å². The van der Waals surface area contributed by atoms with Crippen LogP contribution in [0.2, 0.25) is 0 Å². The smallest absolute Gasteiger partial charge is 0.261 e. The SMILES string of the molecule is CCCCOc1ccc(Br)cc1C(=O)NC(=S)Nc1ccc(N(CC)CC)cc1. The summed E-state index contributed by atoms with van der Waals surface area (Å²) in [5, 5.41) is 6.03. The molecule has 0 aromatic heterocycles. The maximum atomic E-state index is 12.7. The van der Waals surface area contributed by atoms with Crippen LogP contribution in [-0.4, -0.2) is 30.7 Å². The van der Waals surface area contributed by atoms with Gasteiger partial charge in [0.1, 0.15) is 5.75 Å². The van der Waals surface area contributed by atoms with Crippen LogP contribution in [0, 0.1) is 0 Å². The van der Waals surface area contributed by atoms with E-state index in [9.17, 15) is 4.79 Å². The standard InChI is InChI=1S/C22H28BrN3O2S/c1-4-7-14-28-20-13-8-16(23)15-19(20)21(27)25-22(29)24-17-9-11-18(12-10-17)26(5-2)6-3/h8-13,15H,4-7,14H2,1-3H3,(H2,24,25,27,29). The molecule has 0 aliphatic heterocycles. The Hall–Kier alpha value is -2.12. The lowest BCUT2D eigenvalue weighted by Crippen LogP contribution is -2.34. The molecule has 2 aromatic rings. The molecule has 0 spiro atoms. The molecule has 0 saturated heterocycles. The number of hydrogen-bond acceptors (Lipinski definition) is 4. The minimum atomic E-state index is -0.310. The first-order valence-corrected chi connectivity index (χ1v) is 11.1. The van der Waals surface area contributed by atoms with Crippen molar-refractivity contribution in [3.8, 4) is 5.75 Å². The Morgan fingerprint density at radius 2 is 1.79 bits per heavy atom. The number of anilines is 2. The lowest BCUT2D eigenvalue weighted by atomic mass is 10.2. The molecule has 156 valence electrons. The quantitative estimate of drug-likeness (QED) is 0.363. The lowest BCUT2D eigenvalue weighted by Gasteiger charge is -2.21. The van der Waals surface area contributed by atoms with E-state index in [2.05, 4.69) is 52.2 Å². The summed E-state index contributed by atoms with van der Waals surface area (Å²) in [6.45, 7) is 8.82. The van der Waals surface area contributed by atoms with Crippen molar-refractivity contribution in [3.05, 3.63) is 52.5 Å². The fourth-order valence-electron chi connectivity index (χ4n) is 2.81. The molecule has 2 rings (SSSR count). The topological polar surface area (TPSA) is 53.6 Å². The molecular formula is C22H28BrN3O2S. The third-order valence-electron chi connectivity index (χ3n) is 4.42. The van der Waals surface area contributed by atoms with Crippen molar-refractivity contribution in [3.63, 3.8) is 0 Å². The fourth-order valence-corrected chi connectivity index (χ4v) is 3.38. The van der Waals surface area contributed by atoms with Crippen molar-refractivity contribution in [1.82, 2.24) is 5.32 Å². The number of hydrogen-bond donors (Lipinski definition) is 2. The Bertz CT molecular complexity index is 823. The highest BCUT2D eigenvalue weighted by molar-refractivity contribution is 9.10. The van der Waals surface area contributed by atoms with Crippen molar-refractivity contribution in [2.24, 2.45) is 0 Å². The third kappa shape index (κ3) is 7.01. The van der Waals surface area contributed by atoms with E-state index in [-0.39, 0.29) is 11.0 Å². The van der Waals surface area contributed by atoms with E-state index < -0.39 is 0 Å². The molecule has 0 saturated carbocycles. The number of rotatable bonds is 9. The van der Waals surface area contributed by atoms with Crippen LogP contribution in [-0.2, 0) is 0 Å². The van der Waals surface area contributed by atoms with Crippen LogP contribution in [0.3, 0.4) is 0 Å². The highest BCUT2D eigenvalue weighted by atomic mass is 79.9. The van der Waals surface area contributed by atoms with Gasteiger partial charge in [0.15, 0.2) is 5.11 Å². The lowest BCUT2D eigenvalue weighted by molar-refractivity contribution is 0.0973. The predicted molar refractivity (Wildman–Crippen MR) is 128 cm³/mol. The summed E-state index contributed by atoms with van der Waals surface area (Å²) < 4.78 is 6.56. The monoisotopic (exact) mass is 477 g/mol. The summed E-state index contributed by atoms with van der Waals surface area (Å²) in [5.41, 5.74) is 2.41. The summed E-state index contributed by atoms with van der Waals surface area (Å²) in [4.78, 5) is 15.0. The van der Waals surface area contributed by atoms with Gasteiger partial charge in [0.05, 0.1) is 12.2 Å². The van der Waals surface area contributed by atoms with Gasteiger partial charge in [-0.1, -0.05) is 29.3 Å². The summed E-state index contributed by atoms with van der Waals surface area (Å²) in [5.74, 6) is 0.237. The van der Waals surface area contributed by atoms with Gasteiger partial charge in [0.25, 0.3) is 5.91 Å². The van der Waals surface area contributed by atoms with Gasteiger partial charge in [0, 0.05) is 28.9 Å². The van der Waals surface area contributed by atoms with Gasteiger partial charge < -0.3 is 15.0 Å². The van der Waals surface area contributed by atoms with Crippen LogP contribution < -0.4 is 20.3 Å². The zero-order chi connectivity index (χ0) is 21.2. The van der Waals surface area contributed by atoms with Crippen molar-refractivity contribution >= 4 is 50.5 Å². The van der Waals surface area contributed by atoms with Gasteiger partial charge >= 0.3 is 0 Å². The average Bonchev–Trinajstić information content (AvgIpc) is 2.71. The fraction of sp³-hybridized carbons (Fsp3) is 0.364. The molecule has 0 aliphatic rings. The number of benzene rings is 2. The Kier molecular flexibility index (Phi) is 9.41. The summed E-state index contributed by atoms with van der Waals surface area (Å²) >= 11 is 8.73. The second-order valence-electron chi connectivity index (χ2n) is 6.47. The van der Waals surface area contributed by atoms with Crippen LogP contribution in [0.25, 0.3) is 0 Å². The molecular weight excluding hydrogens is 450 g/mol. The van der Waals surface area contributed by atoms with Crippen molar-refractivity contribution in [2.45, 2.75) is 33.6 Å². The zero-order valence-electron chi connectivity index (χ0n) is 17.1. The molecule has 0 radical (unpaired) electrons. The van der Waals surface area contributed by atoms with Gasteiger partial charge in [0.2, 0.25) is 0 Å². The average molecular weight is 478 g/mol. The molecule has 0 aliphatic carbocycles. The second-order valence-corrected chi connectivity index (χ2v) is 7.79. The molecule has 0 heterocycles. The number of ether oxygens (including phenoxy) is 1. The molecule has 2 aromatic carbocycles. The van der Waals surface area contributed by atoms with E-state index >= 15 is 0 Å². The van der Waals surface area contributed by atoms with Crippen LogP contribution in [0.1, 0.15) is 44.0 Å². The van der Waals surface area contributed by atoms with E-state index in [1.54, 1.807) is 12.1 Å². The minimum absolute atomic E-state index is 0.241. The first-order chi connectivity index (χ1) is 14.0. The number of unbranched alkanes of at least 4 members (excludes halogenated alkanes) is 1. The van der Waals surface area contributed by atoms with Gasteiger partial charge in [-0.2, -0.15) is 0 Å². The maximum absolute atomic E-state index is 12.7. The Balaban J connectivity index is 2.02. The van der Waals surface area contributed by atoms with Crippen LogP contribution in [0.4, 0.5) is 11.4 Å². The van der Waals surface area contributed by atoms with Crippen LogP contribution in [0.15, 0.2) is 46.9 Å². The van der Waals surface area contributed by atoms with E-state index in [0.717, 1.165) is 41.8 Å². The molecule has 0 atom stereocenters. The maximum Gasteiger partial charge on any atom is 0.261 e. The van der Waals surface area contributed by atoms with E-state index in [1.807, 2.05) is 30.3 Å². The summed E-state index contributed by atoms with van der Waals surface area (Å²) in [7, 11) is 0. The van der Waals surface area contributed by atoms with Gasteiger partial charge in [-0.25, -0.2) is 0 Å². The summed E-state index contributed by atoms with van der Waals surface area (Å²) in [6.07, 6.45) is 1.96. The van der Waals surface area contributed by atoms with E-state index in [0.29, 0.717) is 17.9 Å². The number of nitrogens with zero attached hydrogens (tertiary/aromatic N) is 1. The molecule has 1 amide bonds. The van der Waals surface area contributed by atoms with Crippen LogP contribution >= 0.6 is 28.1 Å². The molecule has 29 heavy (non-hydrogen) atoms. The molecule has 7 heteroatoms. The third-order valence-corrected chi connectivity index (χ3v) is 5.12. The second kappa shape index (κ2) is 11.8. The first-order valence-electron chi connectivity index (χ1n) is 9.88. The minimum Gasteiger partial charge on any atom is -0.493 e. The normalized spacial score (nSPS) is 10.3.